The third-order valence-electron chi connectivity index (χ3n) is 7.32. The summed E-state index contributed by atoms with van der Waals surface area (Å²) in [6, 6.07) is 0. The van der Waals surface area contributed by atoms with Gasteiger partial charge in [-0.3, -0.25) is 9.73 Å². The largest absolute Gasteiger partial charge is 0.368 e. The standard InChI is InChI=1S/C5H9BN4.C4H8BN4O2S.C4H6ClN3O2S.C4H7N3S.2C4H7N3.C3H6N4/c1-10-4-8-9-5(10)7-3-2-6;1-5-8-12(10,11)4-7-6-3-9(4)2;1-3-6-7-4(8(3)2)11(5,9)10;1-3-5-6-4(8)7(3)2;2*1-4-6-5-3-7(4)2;1-7-2-5-6-3(7)4/h4H,2-3H2,1H3,(H,7,9);3,8H,1-2H3;1-2H3;1-2H3,(H,6,8);2*3H,1-2H3;2H,1H3,(H2,4,6). The van der Waals surface area contributed by atoms with Crippen LogP contribution >= 0.6 is 22.9 Å². The van der Waals surface area contributed by atoms with Gasteiger partial charge in [0.2, 0.25) is 19.3 Å². The maximum atomic E-state index is 11.2. The van der Waals surface area contributed by atoms with Crippen LogP contribution in [-0.2, 0) is 68.4 Å². The topological polar surface area (TPSA) is 336 Å². The number of nitrogen functional groups attached to an aromatic ring is 1. The Morgan fingerprint density at radius 2 is 1.18 bits per heavy atom. The number of halogens is 1. The third-order valence-corrected chi connectivity index (χ3v) is 10.3. The third kappa shape index (κ3) is 18.8. The monoisotopic (exact) mass is 939 g/mol. The van der Waals surface area contributed by atoms with E-state index >= 15 is 0 Å². The van der Waals surface area contributed by atoms with E-state index in [-0.39, 0.29) is 10.3 Å². The number of aromatic amines is 1. The molecule has 0 spiro atoms. The number of aryl methyl sites for hydroxylation is 9. The van der Waals surface area contributed by atoms with Gasteiger partial charge < -0.3 is 43.0 Å². The summed E-state index contributed by atoms with van der Waals surface area (Å²) in [7, 11) is 16.8. The van der Waals surface area contributed by atoms with Crippen molar-refractivity contribution in [1.82, 2.24) is 108 Å². The van der Waals surface area contributed by atoms with E-state index in [1.165, 1.54) is 29.9 Å². The minimum atomic E-state index is -3.75. The van der Waals surface area contributed by atoms with Crippen molar-refractivity contribution in [2.75, 3.05) is 17.6 Å². The molecule has 5 N–H and O–H groups in total. The average molecular weight is 940 g/mol. The van der Waals surface area contributed by atoms with Crippen LogP contribution in [0.15, 0.2) is 41.9 Å². The average Bonchev–Trinajstić information content (AvgIpc) is 4.11. The maximum Gasteiger partial charge on any atom is 0.296 e. The zero-order valence-corrected chi connectivity index (χ0v) is 39.4. The molecule has 7 rings (SSSR count). The van der Waals surface area contributed by atoms with Gasteiger partial charge in [-0.2, -0.15) is 5.10 Å². The van der Waals surface area contributed by atoms with Gasteiger partial charge in [0.25, 0.3) is 29.4 Å². The fourth-order valence-electron chi connectivity index (χ4n) is 3.35. The molecule has 7 aromatic rings. The number of nitrogens with two attached hydrogens (primary N) is 1. The maximum absolute atomic E-state index is 11.2. The molecular weight excluding hydrogens is 890 g/mol. The normalized spacial score (nSPS) is 10.3. The first-order valence-corrected chi connectivity index (χ1v) is 21.7. The Morgan fingerprint density at radius 3 is 1.42 bits per heavy atom. The van der Waals surface area contributed by atoms with Gasteiger partial charge >= 0.3 is 0 Å². The summed E-state index contributed by atoms with van der Waals surface area (Å²) in [5.74, 6) is 4.50. The summed E-state index contributed by atoms with van der Waals surface area (Å²) in [5, 5.41) is 52.2. The molecule has 62 heavy (non-hydrogen) atoms. The van der Waals surface area contributed by atoms with E-state index in [0.717, 1.165) is 30.0 Å². The number of nitrogens with zero attached hydrogens (tertiary/aromatic N) is 20. The molecule has 0 fully saturated rings. The second-order valence-electron chi connectivity index (χ2n) is 12.1. The second kappa shape index (κ2) is 26.4. The first-order valence-electron chi connectivity index (χ1n) is 17.5. The summed E-state index contributed by atoms with van der Waals surface area (Å²) in [4.78, 5) is 0. The van der Waals surface area contributed by atoms with Crippen molar-refractivity contribution in [1.29, 1.82) is 0 Å². The molecule has 0 amide bonds. The first kappa shape index (κ1) is 54.1. The molecule has 7 aromatic heterocycles. The van der Waals surface area contributed by atoms with Gasteiger partial charge in [0.05, 0.1) is 7.85 Å². The SMILES string of the molecule is C[B]NS(=O)(=O)c1nncn1C.Cc1n[nH]c(=S)n1C.Cc1nnc(S(=O)(=O)Cl)n1C.Cc1nncn1C.Cc1nncn1C.Cn1cnnc1N.[B]CCNc1nncn1C. The number of H-pyrrole nitrogens is 1. The van der Waals surface area contributed by atoms with Crippen LogP contribution in [0, 0.1) is 32.5 Å². The molecule has 0 saturated heterocycles. The minimum absolute atomic E-state index is 0.0967. The zero-order chi connectivity index (χ0) is 47.2. The number of sulfonamides is 1. The van der Waals surface area contributed by atoms with Crippen LogP contribution in [0.5, 0.6) is 0 Å². The van der Waals surface area contributed by atoms with Crippen LogP contribution in [0.2, 0.25) is 13.1 Å². The molecule has 0 aliphatic carbocycles. The Bertz CT molecular complexity index is 2480. The molecule has 337 valence electrons. The van der Waals surface area contributed by atoms with Gasteiger partial charge in [0.15, 0.2) is 4.77 Å². The van der Waals surface area contributed by atoms with Gasteiger partial charge in [0.1, 0.15) is 54.9 Å². The van der Waals surface area contributed by atoms with Crippen LogP contribution in [0.3, 0.4) is 0 Å². The van der Waals surface area contributed by atoms with E-state index in [1.54, 1.807) is 62.3 Å². The number of aromatic nitrogens is 21. The molecule has 0 bridgehead atoms. The number of anilines is 2. The summed E-state index contributed by atoms with van der Waals surface area (Å²) in [6.45, 7) is 9.66. The molecule has 0 aliphatic heterocycles. The Balaban J connectivity index is 0.000000365. The van der Waals surface area contributed by atoms with Crippen molar-refractivity contribution in [3.8, 4) is 0 Å². The summed E-state index contributed by atoms with van der Waals surface area (Å²) in [6.07, 6.45) is 8.47. The number of hydrogen-bond donors (Lipinski definition) is 4. The quantitative estimate of drug-likeness (QED) is 0.0851. The number of rotatable bonds is 7. The van der Waals surface area contributed by atoms with Gasteiger partial charge in [-0.1, -0.05) is 13.1 Å². The molecule has 0 aliphatic rings. The fourth-order valence-corrected chi connectivity index (χ4v) is 5.53. The van der Waals surface area contributed by atoms with Gasteiger partial charge in [-0.05, 0) is 39.9 Å². The zero-order valence-electron chi connectivity index (χ0n) is 36.2. The highest BCUT2D eigenvalue weighted by molar-refractivity contribution is 8.13. The van der Waals surface area contributed by atoms with Gasteiger partial charge in [-0.25, -0.2) is 16.8 Å². The van der Waals surface area contributed by atoms with Crippen molar-refractivity contribution < 1.29 is 16.8 Å². The molecule has 0 atom stereocenters. The summed E-state index contributed by atoms with van der Waals surface area (Å²) >= 11 is 4.82. The molecule has 0 saturated carbocycles. The van der Waals surface area contributed by atoms with Crippen molar-refractivity contribution >= 4 is 69.1 Å². The van der Waals surface area contributed by atoms with Crippen LogP contribution < -0.4 is 15.7 Å². The van der Waals surface area contributed by atoms with E-state index in [0.29, 0.717) is 22.9 Å². The predicted octanol–water partition coefficient (Wildman–Crippen LogP) is -0.944. The molecule has 28 nitrogen and oxygen atoms in total. The van der Waals surface area contributed by atoms with E-state index in [1.807, 2.05) is 62.7 Å². The van der Waals surface area contributed by atoms with Crippen molar-refractivity contribution in [3.63, 3.8) is 0 Å². The number of nitrogens with one attached hydrogen (secondary N) is 3. The van der Waals surface area contributed by atoms with Crippen LogP contribution in [0.1, 0.15) is 23.3 Å². The molecule has 34 heteroatoms. The Hall–Kier alpha value is -5.92. The van der Waals surface area contributed by atoms with Crippen molar-refractivity contribution in [3.05, 3.63) is 59.7 Å². The molecular formula is C28H50B2ClN24O4S3. The van der Waals surface area contributed by atoms with Crippen molar-refractivity contribution in [2.45, 2.75) is 51.2 Å². The first-order chi connectivity index (χ1) is 29.0. The number of hydrogen-bond acceptors (Lipinski definition) is 20. The Labute approximate surface area is 370 Å². The van der Waals surface area contributed by atoms with E-state index in [2.05, 4.69) is 81.3 Å². The van der Waals surface area contributed by atoms with E-state index in [4.69, 9.17) is 36.5 Å². The van der Waals surface area contributed by atoms with Crippen LogP contribution in [0.4, 0.5) is 11.9 Å². The predicted molar refractivity (Wildman–Crippen MR) is 232 cm³/mol. The lowest BCUT2D eigenvalue weighted by molar-refractivity contribution is 0.575. The van der Waals surface area contributed by atoms with Gasteiger partial charge in [-0.15, -0.1) is 61.2 Å². The highest BCUT2D eigenvalue weighted by atomic mass is 35.7. The van der Waals surface area contributed by atoms with E-state index < -0.39 is 19.1 Å². The molecule has 3 radical (unpaired) electrons. The molecule has 0 aromatic carbocycles. The lowest BCUT2D eigenvalue weighted by Gasteiger charge is -2.00. The lowest BCUT2D eigenvalue weighted by Crippen LogP contribution is -2.27. The van der Waals surface area contributed by atoms with E-state index in [9.17, 15) is 16.8 Å². The lowest BCUT2D eigenvalue weighted by atomic mass is 10.0. The molecule has 7 heterocycles. The molecule has 0 unspecified atom stereocenters. The fraction of sp³-hybridized carbons (Fsp3) is 0.500. The summed E-state index contributed by atoms with van der Waals surface area (Å²) in [5.41, 5.74) is 5.23. The Morgan fingerprint density at radius 1 is 0.677 bits per heavy atom. The highest BCUT2D eigenvalue weighted by Gasteiger charge is 2.19. The second-order valence-corrected chi connectivity index (χ2v) is 16.5. The minimum Gasteiger partial charge on any atom is -0.368 e. The van der Waals surface area contributed by atoms with Crippen molar-refractivity contribution in [2.24, 2.45) is 49.3 Å². The summed E-state index contributed by atoms with van der Waals surface area (Å²) < 4.78 is 58.4. The highest BCUT2D eigenvalue weighted by Crippen LogP contribution is 2.11. The van der Waals surface area contributed by atoms with Crippen LogP contribution in [-0.4, -0.2) is 142 Å². The van der Waals surface area contributed by atoms with Crippen LogP contribution in [0.25, 0.3) is 0 Å². The smallest absolute Gasteiger partial charge is 0.296 e. The van der Waals surface area contributed by atoms with Gasteiger partial charge in [0, 0.05) is 66.6 Å². The Kier molecular flexibility index (Phi) is 23.1.